The Morgan fingerprint density at radius 3 is 2.50 bits per heavy atom. The SMILES string of the molecule is Cc1sc2c(c1C)C(c1ccc(Cl)cc1)=N[C@@H](CC(=O)N1CC=C(c3ccc(C#CCN)cc3)CC1)c1nnc(C)n1-2. The van der Waals surface area contributed by atoms with Gasteiger partial charge in [0.2, 0.25) is 5.91 Å². The van der Waals surface area contributed by atoms with Crippen LogP contribution in [0.25, 0.3) is 10.6 Å². The van der Waals surface area contributed by atoms with Crippen LogP contribution in [0.1, 0.15) is 63.2 Å². The molecule has 4 aromatic rings. The van der Waals surface area contributed by atoms with Gasteiger partial charge in [-0.05, 0) is 68.2 Å². The summed E-state index contributed by atoms with van der Waals surface area (Å²) in [6.45, 7) is 7.75. The minimum absolute atomic E-state index is 0.0484. The number of aromatic nitrogens is 3. The number of halogens is 1. The molecule has 9 heteroatoms. The predicted octanol–water partition coefficient (Wildman–Crippen LogP) is 5.82. The molecular formula is C33H31ClN6OS. The van der Waals surface area contributed by atoms with Gasteiger partial charge in [-0.1, -0.05) is 53.8 Å². The van der Waals surface area contributed by atoms with Crippen LogP contribution in [-0.4, -0.2) is 50.9 Å². The first-order valence-electron chi connectivity index (χ1n) is 14.0. The van der Waals surface area contributed by atoms with Crippen LogP contribution in [0.5, 0.6) is 0 Å². The molecule has 0 unspecified atom stereocenters. The zero-order valence-electron chi connectivity index (χ0n) is 23.8. The molecule has 6 rings (SSSR count). The molecule has 0 bridgehead atoms. The standard InChI is InChI=1S/C33H31ClN6OS/c1-20-21(2)42-33-30(20)31(26-10-12-27(34)13-11-26)36-28(32-38-37-22(3)40(32)33)19-29(41)39-17-14-25(15-18-39)24-8-6-23(7-9-24)5-4-16-35/h6-14,28H,15-19,35H2,1-3H3/t28-/m0/s1. The highest BCUT2D eigenvalue weighted by Gasteiger charge is 2.33. The predicted molar refractivity (Wildman–Crippen MR) is 169 cm³/mol. The van der Waals surface area contributed by atoms with Crippen LogP contribution in [0.3, 0.4) is 0 Å². The van der Waals surface area contributed by atoms with Crippen molar-refractivity contribution in [1.29, 1.82) is 0 Å². The van der Waals surface area contributed by atoms with Crippen LogP contribution in [0.2, 0.25) is 5.02 Å². The molecule has 4 heterocycles. The molecule has 0 aliphatic carbocycles. The smallest absolute Gasteiger partial charge is 0.225 e. The van der Waals surface area contributed by atoms with E-state index in [-0.39, 0.29) is 12.3 Å². The van der Waals surface area contributed by atoms with E-state index < -0.39 is 6.04 Å². The van der Waals surface area contributed by atoms with Crippen LogP contribution in [0, 0.1) is 32.6 Å². The summed E-state index contributed by atoms with van der Waals surface area (Å²) in [6, 6.07) is 15.5. The van der Waals surface area contributed by atoms with Gasteiger partial charge in [0.1, 0.15) is 16.9 Å². The summed E-state index contributed by atoms with van der Waals surface area (Å²) >= 11 is 7.93. The number of aryl methyl sites for hydroxylation is 2. The fourth-order valence-electron chi connectivity index (χ4n) is 5.51. The Balaban J connectivity index is 1.29. The van der Waals surface area contributed by atoms with E-state index >= 15 is 0 Å². The minimum Gasteiger partial charge on any atom is -0.339 e. The van der Waals surface area contributed by atoms with Crippen LogP contribution >= 0.6 is 22.9 Å². The molecule has 42 heavy (non-hydrogen) atoms. The zero-order valence-corrected chi connectivity index (χ0v) is 25.4. The van der Waals surface area contributed by atoms with E-state index in [9.17, 15) is 4.79 Å². The van der Waals surface area contributed by atoms with E-state index in [1.807, 2.05) is 48.2 Å². The molecule has 0 saturated carbocycles. The molecule has 0 radical (unpaired) electrons. The van der Waals surface area contributed by atoms with E-state index in [1.54, 1.807) is 11.3 Å². The molecule has 2 N–H and O–H groups in total. The largest absolute Gasteiger partial charge is 0.339 e. The fourth-order valence-corrected chi connectivity index (χ4v) is 6.85. The number of aliphatic imine (C=N–C) groups is 1. The summed E-state index contributed by atoms with van der Waals surface area (Å²) in [7, 11) is 0. The Hall–Kier alpha value is -4.03. The minimum atomic E-state index is -0.476. The number of fused-ring (bicyclic) bond motifs is 3. The molecular weight excluding hydrogens is 564 g/mol. The molecule has 2 aliphatic heterocycles. The Morgan fingerprint density at radius 1 is 1.07 bits per heavy atom. The molecule has 1 atom stereocenters. The Kier molecular flexibility index (Phi) is 7.82. The van der Waals surface area contributed by atoms with Crippen molar-refractivity contribution in [1.82, 2.24) is 19.7 Å². The topological polar surface area (TPSA) is 89.4 Å². The van der Waals surface area contributed by atoms with Gasteiger partial charge in [-0.25, -0.2) is 0 Å². The van der Waals surface area contributed by atoms with Crippen molar-refractivity contribution in [3.8, 4) is 16.8 Å². The highest BCUT2D eigenvalue weighted by Crippen LogP contribution is 2.40. The molecule has 2 aromatic carbocycles. The Morgan fingerprint density at radius 2 is 1.81 bits per heavy atom. The van der Waals surface area contributed by atoms with Crippen molar-refractivity contribution >= 4 is 40.1 Å². The fraction of sp³-hybridized carbons (Fsp3) is 0.273. The first-order chi connectivity index (χ1) is 20.3. The summed E-state index contributed by atoms with van der Waals surface area (Å²) in [6.07, 6.45) is 3.14. The number of rotatable bonds is 4. The third-order valence-corrected chi connectivity index (χ3v) is 9.32. The number of hydrogen-bond acceptors (Lipinski definition) is 6. The number of nitrogens with two attached hydrogens (primary N) is 1. The molecule has 0 saturated heterocycles. The Bertz CT molecular complexity index is 1790. The maximum absolute atomic E-state index is 13.7. The zero-order chi connectivity index (χ0) is 29.4. The first-order valence-corrected chi connectivity index (χ1v) is 15.2. The number of amides is 1. The van der Waals surface area contributed by atoms with Gasteiger partial charge in [0.25, 0.3) is 0 Å². The lowest BCUT2D eigenvalue weighted by molar-refractivity contribution is -0.131. The third kappa shape index (κ3) is 5.32. The van der Waals surface area contributed by atoms with Crippen LogP contribution in [-0.2, 0) is 4.79 Å². The van der Waals surface area contributed by atoms with Crippen molar-refractivity contribution in [2.24, 2.45) is 10.7 Å². The molecule has 2 aromatic heterocycles. The summed E-state index contributed by atoms with van der Waals surface area (Å²) in [4.78, 5) is 22.1. The average molecular weight is 595 g/mol. The van der Waals surface area contributed by atoms with Gasteiger partial charge in [-0.3, -0.25) is 14.4 Å². The summed E-state index contributed by atoms with van der Waals surface area (Å²) < 4.78 is 2.08. The van der Waals surface area contributed by atoms with Crippen LogP contribution in [0.4, 0.5) is 0 Å². The lowest BCUT2D eigenvalue weighted by atomic mass is 9.98. The number of nitrogens with zero attached hydrogens (tertiary/aromatic N) is 5. The van der Waals surface area contributed by atoms with Crippen LogP contribution in [0.15, 0.2) is 59.6 Å². The average Bonchev–Trinajstić information content (AvgIpc) is 3.48. The second-order valence-electron chi connectivity index (χ2n) is 10.5. The van der Waals surface area contributed by atoms with Gasteiger partial charge in [-0.15, -0.1) is 21.5 Å². The number of carbonyl (C=O) groups excluding carboxylic acids is 1. The first kappa shape index (κ1) is 28.1. The van der Waals surface area contributed by atoms with Gasteiger partial charge >= 0.3 is 0 Å². The molecule has 7 nitrogen and oxygen atoms in total. The summed E-state index contributed by atoms with van der Waals surface area (Å²) in [5.74, 6) is 7.47. The quantitative estimate of drug-likeness (QED) is 0.302. The second-order valence-corrected chi connectivity index (χ2v) is 12.2. The number of hydrogen-bond donors (Lipinski definition) is 1. The summed E-state index contributed by atoms with van der Waals surface area (Å²) in [5.41, 5.74) is 12.9. The van der Waals surface area contributed by atoms with E-state index in [1.165, 1.54) is 16.0 Å². The molecule has 0 fully saturated rings. The maximum atomic E-state index is 13.7. The molecule has 212 valence electrons. The number of thiophene rings is 1. The van der Waals surface area contributed by atoms with Gasteiger partial charge in [-0.2, -0.15) is 0 Å². The van der Waals surface area contributed by atoms with E-state index in [0.717, 1.165) is 45.2 Å². The number of carbonyl (C=O) groups is 1. The molecule has 1 amide bonds. The van der Waals surface area contributed by atoms with E-state index in [4.69, 9.17) is 22.3 Å². The van der Waals surface area contributed by atoms with Crippen molar-refractivity contribution in [3.05, 3.63) is 104 Å². The van der Waals surface area contributed by atoms with Crippen molar-refractivity contribution < 1.29 is 4.79 Å². The van der Waals surface area contributed by atoms with Crippen molar-refractivity contribution in [3.63, 3.8) is 0 Å². The Labute approximate surface area is 254 Å². The molecule has 0 spiro atoms. The van der Waals surface area contributed by atoms with Gasteiger partial charge in [0, 0.05) is 39.7 Å². The highest BCUT2D eigenvalue weighted by molar-refractivity contribution is 7.15. The van der Waals surface area contributed by atoms with E-state index in [0.29, 0.717) is 30.5 Å². The monoisotopic (exact) mass is 594 g/mol. The van der Waals surface area contributed by atoms with Gasteiger partial charge < -0.3 is 10.6 Å². The second kappa shape index (κ2) is 11.7. The van der Waals surface area contributed by atoms with Gasteiger partial charge in [0.15, 0.2) is 5.82 Å². The lowest BCUT2D eigenvalue weighted by Gasteiger charge is -2.27. The lowest BCUT2D eigenvalue weighted by Crippen LogP contribution is -2.35. The normalized spacial score (nSPS) is 16.0. The van der Waals surface area contributed by atoms with Gasteiger partial charge in [0.05, 0.1) is 18.7 Å². The molecule has 2 aliphatic rings. The van der Waals surface area contributed by atoms with Crippen molar-refractivity contribution in [2.45, 2.75) is 39.7 Å². The van der Waals surface area contributed by atoms with Crippen molar-refractivity contribution in [2.75, 3.05) is 19.6 Å². The maximum Gasteiger partial charge on any atom is 0.225 e. The van der Waals surface area contributed by atoms with Crippen LogP contribution < -0.4 is 5.73 Å². The summed E-state index contributed by atoms with van der Waals surface area (Å²) in [5, 5.41) is 10.7. The van der Waals surface area contributed by atoms with E-state index in [2.05, 4.69) is 58.7 Å². The highest BCUT2D eigenvalue weighted by atomic mass is 35.5. The third-order valence-electron chi connectivity index (χ3n) is 7.88. The number of benzene rings is 2.